The van der Waals surface area contributed by atoms with E-state index in [2.05, 4.69) is 0 Å². The van der Waals surface area contributed by atoms with Gasteiger partial charge in [-0.2, -0.15) is 0 Å². The molecule has 85 valence electrons. The molecular formula is C11H20O3Y. The Morgan fingerprint density at radius 2 is 2.13 bits per heavy atom. The summed E-state index contributed by atoms with van der Waals surface area (Å²) in [6, 6.07) is 0. The first-order chi connectivity index (χ1) is 6.83. The standard InChI is InChI=1S/C11H20O3.Y/c1-13-10(6-12)7-14-11-5-8-2-3-9(11)4-8;/h8-12H,2-7H2,1H3;. The summed E-state index contributed by atoms with van der Waals surface area (Å²) in [7, 11) is 1.62. The maximum Gasteiger partial charge on any atom is 0.103 e. The van der Waals surface area contributed by atoms with Crippen LogP contribution < -0.4 is 0 Å². The zero-order valence-electron chi connectivity index (χ0n) is 9.39. The Kier molecular flexibility index (Phi) is 6.23. The molecule has 2 aliphatic rings. The molecule has 0 heterocycles. The van der Waals surface area contributed by atoms with Gasteiger partial charge in [-0.25, -0.2) is 0 Å². The van der Waals surface area contributed by atoms with Crippen LogP contribution in [-0.2, 0) is 42.2 Å². The summed E-state index contributed by atoms with van der Waals surface area (Å²) in [5.74, 6) is 1.70. The van der Waals surface area contributed by atoms with Crippen molar-refractivity contribution in [3.05, 3.63) is 0 Å². The van der Waals surface area contributed by atoms with Crippen LogP contribution in [0.4, 0.5) is 0 Å². The van der Waals surface area contributed by atoms with Gasteiger partial charge in [0.05, 0.1) is 19.3 Å². The Bertz CT molecular complexity index is 185. The van der Waals surface area contributed by atoms with Crippen molar-refractivity contribution in [2.24, 2.45) is 11.8 Å². The maximum absolute atomic E-state index is 8.93. The van der Waals surface area contributed by atoms with E-state index in [4.69, 9.17) is 14.6 Å². The topological polar surface area (TPSA) is 38.7 Å². The van der Waals surface area contributed by atoms with Crippen molar-refractivity contribution in [2.75, 3.05) is 20.3 Å². The van der Waals surface area contributed by atoms with E-state index in [1.165, 1.54) is 25.7 Å². The predicted molar refractivity (Wildman–Crippen MR) is 53.1 cm³/mol. The van der Waals surface area contributed by atoms with Gasteiger partial charge in [0.15, 0.2) is 0 Å². The fourth-order valence-electron chi connectivity index (χ4n) is 2.82. The number of aliphatic hydroxyl groups is 1. The Balaban J connectivity index is 0.00000112. The number of fused-ring (bicyclic) bond motifs is 2. The number of rotatable bonds is 5. The number of hydrogen-bond acceptors (Lipinski definition) is 3. The van der Waals surface area contributed by atoms with Crippen molar-refractivity contribution in [3.8, 4) is 0 Å². The van der Waals surface area contributed by atoms with Gasteiger partial charge in [0.1, 0.15) is 6.10 Å². The van der Waals surface area contributed by atoms with Crippen LogP contribution in [0.5, 0.6) is 0 Å². The molecule has 0 aromatic carbocycles. The Morgan fingerprint density at radius 1 is 1.33 bits per heavy atom. The molecule has 2 bridgehead atoms. The van der Waals surface area contributed by atoms with E-state index in [9.17, 15) is 0 Å². The van der Waals surface area contributed by atoms with E-state index in [-0.39, 0.29) is 45.4 Å². The molecule has 0 spiro atoms. The molecule has 2 rings (SSSR count). The molecule has 0 saturated heterocycles. The molecular weight excluding hydrogens is 269 g/mol. The molecule has 1 radical (unpaired) electrons. The van der Waals surface area contributed by atoms with Crippen molar-refractivity contribution >= 4 is 0 Å². The third kappa shape index (κ3) is 3.47. The van der Waals surface area contributed by atoms with Crippen LogP contribution >= 0.6 is 0 Å². The second-order valence-corrected chi connectivity index (χ2v) is 4.59. The molecule has 4 heteroatoms. The largest absolute Gasteiger partial charge is 0.394 e. The summed E-state index contributed by atoms with van der Waals surface area (Å²) in [5, 5.41) is 8.93. The summed E-state index contributed by atoms with van der Waals surface area (Å²) in [6.07, 6.45) is 5.63. The Labute approximate surface area is 117 Å². The number of ether oxygens (including phenoxy) is 2. The van der Waals surface area contributed by atoms with E-state index in [1.54, 1.807) is 7.11 Å². The fourth-order valence-corrected chi connectivity index (χ4v) is 2.82. The molecule has 2 aliphatic carbocycles. The minimum Gasteiger partial charge on any atom is -0.394 e. The molecule has 2 fully saturated rings. The van der Waals surface area contributed by atoms with Crippen LogP contribution in [0.1, 0.15) is 25.7 Å². The molecule has 0 aromatic rings. The zero-order valence-corrected chi connectivity index (χ0v) is 12.2. The molecule has 1 N–H and O–H groups in total. The van der Waals surface area contributed by atoms with Crippen LogP contribution in [0.3, 0.4) is 0 Å². The average molecular weight is 289 g/mol. The van der Waals surface area contributed by atoms with Crippen molar-refractivity contribution in [1.29, 1.82) is 0 Å². The average Bonchev–Trinajstić information content (AvgIpc) is 2.80. The SMILES string of the molecule is COC(CO)COC1CC2CCC1C2.[Y]. The molecule has 0 aromatic heterocycles. The summed E-state index contributed by atoms with van der Waals surface area (Å²) in [4.78, 5) is 0. The predicted octanol–water partition coefficient (Wildman–Crippen LogP) is 1.20. The number of aliphatic hydroxyl groups excluding tert-OH is 1. The molecule has 15 heavy (non-hydrogen) atoms. The molecule has 3 nitrogen and oxygen atoms in total. The fraction of sp³-hybridized carbons (Fsp3) is 1.00. The van der Waals surface area contributed by atoms with Crippen LogP contribution in [0.25, 0.3) is 0 Å². The van der Waals surface area contributed by atoms with Crippen molar-refractivity contribution < 1.29 is 47.3 Å². The van der Waals surface area contributed by atoms with Gasteiger partial charge in [-0.15, -0.1) is 0 Å². The summed E-state index contributed by atoms with van der Waals surface area (Å²) >= 11 is 0. The normalized spacial score (nSPS) is 35.2. The minimum absolute atomic E-state index is 0. The first kappa shape index (κ1) is 14.0. The van der Waals surface area contributed by atoms with E-state index >= 15 is 0 Å². The van der Waals surface area contributed by atoms with Crippen LogP contribution in [-0.4, -0.2) is 37.6 Å². The van der Waals surface area contributed by atoms with Gasteiger partial charge in [-0.3, -0.25) is 0 Å². The van der Waals surface area contributed by atoms with Gasteiger partial charge in [0, 0.05) is 39.8 Å². The van der Waals surface area contributed by atoms with Gasteiger partial charge in [0.25, 0.3) is 0 Å². The quantitative estimate of drug-likeness (QED) is 0.826. The summed E-state index contributed by atoms with van der Waals surface area (Å²) in [6.45, 7) is 0.595. The Morgan fingerprint density at radius 3 is 2.60 bits per heavy atom. The Hall–Kier alpha value is 0.984. The third-order valence-electron chi connectivity index (χ3n) is 3.71. The van der Waals surface area contributed by atoms with Crippen molar-refractivity contribution in [3.63, 3.8) is 0 Å². The second-order valence-electron chi connectivity index (χ2n) is 4.59. The van der Waals surface area contributed by atoms with E-state index in [1.807, 2.05) is 0 Å². The summed E-state index contributed by atoms with van der Waals surface area (Å²) in [5.41, 5.74) is 0. The first-order valence-corrected chi connectivity index (χ1v) is 5.58. The minimum atomic E-state index is -0.144. The molecule has 2 saturated carbocycles. The molecule has 4 atom stereocenters. The van der Waals surface area contributed by atoms with Crippen LogP contribution in [0, 0.1) is 11.8 Å². The first-order valence-electron chi connectivity index (χ1n) is 5.58. The van der Waals surface area contributed by atoms with Crippen molar-refractivity contribution in [1.82, 2.24) is 0 Å². The van der Waals surface area contributed by atoms with Crippen LogP contribution in [0.2, 0.25) is 0 Å². The smallest absolute Gasteiger partial charge is 0.103 e. The molecule has 4 unspecified atom stereocenters. The van der Waals surface area contributed by atoms with E-state index < -0.39 is 0 Å². The van der Waals surface area contributed by atoms with Crippen molar-refractivity contribution in [2.45, 2.75) is 37.9 Å². The van der Waals surface area contributed by atoms with Gasteiger partial charge < -0.3 is 14.6 Å². The van der Waals surface area contributed by atoms with E-state index in [0.29, 0.717) is 12.7 Å². The van der Waals surface area contributed by atoms with Gasteiger partial charge >= 0.3 is 0 Å². The number of hydrogen-bond donors (Lipinski definition) is 1. The monoisotopic (exact) mass is 289 g/mol. The third-order valence-corrected chi connectivity index (χ3v) is 3.71. The maximum atomic E-state index is 8.93. The second kappa shape index (κ2) is 6.65. The molecule has 0 aliphatic heterocycles. The van der Waals surface area contributed by atoms with Gasteiger partial charge in [-0.1, -0.05) is 0 Å². The summed E-state index contributed by atoms with van der Waals surface area (Å²) < 4.78 is 10.9. The zero-order chi connectivity index (χ0) is 9.97. The van der Waals surface area contributed by atoms with E-state index in [0.717, 1.165) is 11.8 Å². The number of methoxy groups -OCH3 is 1. The van der Waals surface area contributed by atoms with Crippen LogP contribution in [0.15, 0.2) is 0 Å². The van der Waals surface area contributed by atoms with Gasteiger partial charge in [0.2, 0.25) is 0 Å². The van der Waals surface area contributed by atoms with Gasteiger partial charge in [-0.05, 0) is 37.5 Å². The molecule has 0 amide bonds.